The van der Waals surface area contributed by atoms with Gasteiger partial charge in [-0.2, -0.15) is 0 Å². The molecule has 0 aliphatic carbocycles. The van der Waals surface area contributed by atoms with Gasteiger partial charge in [0.1, 0.15) is 11.7 Å². The van der Waals surface area contributed by atoms with Crippen molar-refractivity contribution in [2.45, 2.75) is 46.1 Å². The SMILES string of the molecule is C/C=c1/ccn(Cc2ccc(C(=N)N3CCCC3)cc2F)/c1=C/C=C\CCC. The Bertz CT molecular complexity index is 962. The van der Waals surface area contributed by atoms with Crippen molar-refractivity contribution in [1.82, 2.24) is 9.47 Å². The predicted octanol–water partition coefficient (Wildman–Crippen LogP) is 4.03. The summed E-state index contributed by atoms with van der Waals surface area (Å²) in [6, 6.07) is 7.27. The van der Waals surface area contributed by atoms with Gasteiger partial charge in [0.05, 0.1) is 6.54 Å². The van der Waals surface area contributed by atoms with Crippen LogP contribution in [-0.4, -0.2) is 28.4 Å². The maximum absolute atomic E-state index is 14.8. The van der Waals surface area contributed by atoms with Crippen LogP contribution in [0.3, 0.4) is 0 Å². The molecular weight excluding hydrogens is 349 g/mol. The Hall–Kier alpha value is -2.62. The number of nitrogens with one attached hydrogen (secondary N) is 1. The highest BCUT2D eigenvalue weighted by atomic mass is 19.1. The fraction of sp³-hybridized carbons (Fsp3) is 0.375. The maximum Gasteiger partial charge on any atom is 0.128 e. The Morgan fingerprint density at radius 1 is 1.21 bits per heavy atom. The smallest absolute Gasteiger partial charge is 0.128 e. The quantitative estimate of drug-likeness (QED) is 0.596. The van der Waals surface area contributed by atoms with Crippen LogP contribution in [0.5, 0.6) is 0 Å². The van der Waals surface area contributed by atoms with E-state index >= 15 is 0 Å². The molecule has 1 N–H and O–H groups in total. The predicted molar refractivity (Wildman–Crippen MR) is 115 cm³/mol. The van der Waals surface area contributed by atoms with Crippen molar-refractivity contribution in [3.05, 3.63) is 70.1 Å². The van der Waals surface area contributed by atoms with Gasteiger partial charge in [0, 0.05) is 35.8 Å². The van der Waals surface area contributed by atoms with E-state index in [1.54, 1.807) is 0 Å². The molecule has 3 nitrogen and oxygen atoms in total. The molecule has 0 saturated carbocycles. The normalized spacial score (nSPS) is 15.9. The molecule has 0 amide bonds. The monoisotopic (exact) mass is 379 g/mol. The van der Waals surface area contributed by atoms with Crippen molar-refractivity contribution in [1.29, 1.82) is 5.41 Å². The zero-order valence-corrected chi connectivity index (χ0v) is 16.9. The minimum atomic E-state index is -0.246. The highest BCUT2D eigenvalue weighted by Crippen LogP contribution is 2.16. The summed E-state index contributed by atoms with van der Waals surface area (Å²) in [7, 11) is 0. The van der Waals surface area contributed by atoms with Gasteiger partial charge in [-0.15, -0.1) is 0 Å². The minimum absolute atomic E-state index is 0.246. The molecule has 0 atom stereocenters. The second-order valence-electron chi connectivity index (χ2n) is 7.31. The minimum Gasteiger partial charge on any atom is -0.357 e. The Morgan fingerprint density at radius 3 is 2.68 bits per heavy atom. The zero-order valence-electron chi connectivity index (χ0n) is 16.9. The lowest BCUT2D eigenvalue weighted by molar-refractivity contribution is 0.516. The number of hydrogen-bond donors (Lipinski definition) is 1. The van der Waals surface area contributed by atoms with Gasteiger partial charge in [-0.1, -0.05) is 43.7 Å². The molecule has 4 heteroatoms. The molecule has 1 aromatic carbocycles. The second kappa shape index (κ2) is 9.54. The molecule has 1 saturated heterocycles. The summed E-state index contributed by atoms with van der Waals surface area (Å²) >= 11 is 0. The Balaban J connectivity index is 1.84. The Morgan fingerprint density at radius 2 is 2.00 bits per heavy atom. The average Bonchev–Trinajstić information content (AvgIpc) is 3.36. The topological polar surface area (TPSA) is 32.0 Å². The molecule has 2 aromatic rings. The first-order valence-corrected chi connectivity index (χ1v) is 10.2. The van der Waals surface area contributed by atoms with Gasteiger partial charge in [0.15, 0.2) is 0 Å². The largest absolute Gasteiger partial charge is 0.357 e. The number of hydrogen-bond acceptors (Lipinski definition) is 1. The summed E-state index contributed by atoms with van der Waals surface area (Å²) in [5, 5.41) is 10.6. The van der Waals surface area contributed by atoms with E-state index in [0.717, 1.165) is 49.3 Å². The van der Waals surface area contributed by atoms with Crippen LogP contribution < -0.4 is 10.6 Å². The molecule has 28 heavy (non-hydrogen) atoms. The van der Waals surface area contributed by atoms with Crippen LogP contribution in [-0.2, 0) is 6.54 Å². The molecular formula is C24H30FN3. The number of likely N-dealkylation sites (tertiary alicyclic amines) is 1. The van der Waals surface area contributed by atoms with E-state index in [-0.39, 0.29) is 5.82 Å². The number of unbranched alkanes of at least 4 members (excludes halogenated alkanes) is 1. The lowest BCUT2D eigenvalue weighted by Crippen LogP contribution is -2.29. The van der Waals surface area contributed by atoms with Gasteiger partial charge in [0.25, 0.3) is 0 Å². The summed E-state index contributed by atoms with van der Waals surface area (Å²) in [6.07, 6.45) is 14.8. The van der Waals surface area contributed by atoms with E-state index in [1.807, 2.05) is 30.2 Å². The van der Waals surface area contributed by atoms with E-state index in [4.69, 9.17) is 5.41 Å². The molecule has 3 rings (SSSR count). The number of nitrogens with zero attached hydrogens (tertiary/aromatic N) is 2. The van der Waals surface area contributed by atoms with Gasteiger partial charge in [-0.25, -0.2) is 4.39 Å². The van der Waals surface area contributed by atoms with Gasteiger partial charge < -0.3 is 9.47 Å². The van der Waals surface area contributed by atoms with E-state index in [0.29, 0.717) is 23.5 Å². The average molecular weight is 380 g/mol. The third kappa shape index (κ3) is 4.61. The molecule has 148 valence electrons. The fourth-order valence-corrected chi connectivity index (χ4v) is 3.63. The van der Waals surface area contributed by atoms with Gasteiger partial charge >= 0.3 is 0 Å². The van der Waals surface area contributed by atoms with E-state index in [2.05, 4.69) is 41.9 Å². The van der Waals surface area contributed by atoms with Crippen LogP contribution >= 0.6 is 0 Å². The molecule has 0 unspecified atom stereocenters. The highest BCUT2D eigenvalue weighted by Gasteiger charge is 2.17. The molecule has 0 spiro atoms. The number of halogens is 1. The summed E-state index contributed by atoms with van der Waals surface area (Å²) in [6.45, 7) is 6.45. The van der Waals surface area contributed by atoms with Gasteiger partial charge in [-0.3, -0.25) is 5.41 Å². The number of aromatic nitrogens is 1. The number of allylic oxidation sites excluding steroid dienone is 2. The fourth-order valence-electron chi connectivity index (χ4n) is 3.63. The Kier molecular flexibility index (Phi) is 6.85. The van der Waals surface area contributed by atoms with E-state index in [9.17, 15) is 4.39 Å². The van der Waals surface area contributed by atoms with Crippen molar-refractivity contribution in [2.24, 2.45) is 0 Å². The first-order chi connectivity index (χ1) is 13.6. The molecule has 0 bridgehead atoms. The first kappa shape index (κ1) is 20.1. The molecule has 1 aromatic heterocycles. The lowest BCUT2D eigenvalue weighted by atomic mass is 10.1. The first-order valence-electron chi connectivity index (χ1n) is 10.2. The standard InChI is InChI=1S/C24H30FN3/c1-3-5-6-7-10-23-19(4-2)13-16-28(23)18-21-12-11-20(17-22(21)25)24(26)27-14-8-9-15-27/h4,6-7,10-13,16-17,26H,3,5,8-9,14-15,18H2,1-2H3/b7-6-,19-4-,23-10+,26-24?. The highest BCUT2D eigenvalue weighted by molar-refractivity contribution is 5.96. The van der Waals surface area contributed by atoms with Crippen molar-refractivity contribution in [3.8, 4) is 0 Å². The third-order valence-electron chi connectivity index (χ3n) is 5.29. The number of benzene rings is 1. The number of amidine groups is 1. The van der Waals surface area contributed by atoms with Crippen molar-refractivity contribution >= 4 is 18.0 Å². The van der Waals surface area contributed by atoms with Crippen LogP contribution in [0.25, 0.3) is 12.2 Å². The maximum atomic E-state index is 14.8. The summed E-state index contributed by atoms with van der Waals surface area (Å²) in [5.74, 6) is 0.187. The number of rotatable bonds is 6. The van der Waals surface area contributed by atoms with Crippen LogP contribution in [0.4, 0.5) is 4.39 Å². The molecule has 1 aliphatic rings. The molecule has 2 heterocycles. The van der Waals surface area contributed by atoms with Crippen molar-refractivity contribution < 1.29 is 4.39 Å². The van der Waals surface area contributed by atoms with Gasteiger partial charge in [-0.05, 0) is 49.6 Å². The van der Waals surface area contributed by atoms with Crippen LogP contribution in [0, 0.1) is 11.2 Å². The lowest BCUT2D eigenvalue weighted by Gasteiger charge is -2.19. The van der Waals surface area contributed by atoms with Gasteiger partial charge in [0.2, 0.25) is 0 Å². The Labute approximate surface area is 167 Å². The van der Waals surface area contributed by atoms with Crippen molar-refractivity contribution in [3.63, 3.8) is 0 Å². The third-order valence-corrected chi connectivity index (χ3v) is 5.29. The van der Waals surface area contributed by atoms with Crippen LogP contribution in [0.2, 0.25) is 0 Å². The second-order valence-corrected chi connectivity index (χ2v) is 7.31. The zero-order chi connectivity index (χ0) is 19.9. The van der Waals surface area contributed by atoms with Crippen LogP contribution in [0.1, 0.15) is 50.7 Å². The van der Waals surface area contributed by atoms with E-state index in [1.165, 1.54) is 6.07 Å². The molecule has 1 aliphatic heterocycles. The van der Waals surface area contributed by atoms with E-state index < -0.39 is 0 Å². The van der Waals surface area contributed by atoms with Crippen molar-refractivity contribution in [2.75, 3.05) is 13.1 Å². The summed E-state index contributed by atoms with van der Waals surface area (Å²) in [4.78, 5) is 2.03. The molecule has 1 fully saturated rings. The summed E-state index contributed by atoms with van der Waals surface area (Å²) in [5.41, 5.74) is 1.30. The summed E-state index contributed by atoms with van der Waals surface area (Å²) < 4.78 is 16.9. The molecule has 0 radical (unpaired) electrons. The van der Waals surface area contributed by atoms with Crippen LogP contribution in [0.15, 0.2) is 42.6 Å².